The molecule has 0 bridgehead atoms. The molecule has 0 aromatic heterocycles. The van der Waals surface area contributed by atoms with Crippen molar-refractivity contribution in [1.29, 1.82) is 0 Å². The number of methoxy groups -OCH3 is 3. The number of esters is 2. The Balaban J connectivity index is 1.62. The first-order valence-corrected chi connectivity index (χ1v) is 12.1. The van der Waals surface area contributed by atoms with Gasteiger partial charge >= 0.3 is 11.9 Å². The van der Waals surface area contributed by atoms with Gasteiger partial charge in [-0.15, -0.1) is 0 Å². The van der Waals surface area contributed by atoms with Crippen LogP contribution in [0.25, 0.3) is 0 Å². The zero-order valence-corrected chi connectivity index (χ0v) is 21.2. The maximum absolute atomic E-state index is 12.9. The monoisotopic (exact) mass is 515 g/mol. The van der Waals surface area contributed by atoms with Crippen LogP contribution in [-0.4, -0.2) is 82.1 Å². The van der Waals surface area contributed by atoms with Gasteiger partial charge in [-0.25, -0.2) is 4.79 Å². The third-order valence-electron chi connectivity index (χ3n) is 6.56. The van der Waals surface area contributed by atoms with E-state index in [1.165, 1.54) is 21.3 Å². The summed E-state index contributed by atoms with van der Waals surface area (Å²) in [5, 5.41) is 1.59. The number of benzene rings is 2. The fraction of sp³-hybridized carbons (Fsp3) is 0.481. The van der Waals surface area contributed by atoms with Crippen LogP contribution < -0.4 is 0 Å². The molecule has 4 rings (SSSR count). The lowest BCUT2D eigenvalue weighted by molar-refractivity contribution is -0.208. The number of fused-ring (bicyclic) bond motifs is 1. The molecule has 0 spiro atoms. The minimum absolute atomic E-state index is 0.0470. The van der Waals surface area contributed by atoms with Gasteiger partial charge < -0.3 is 28.4 Å². The van der Waals surface area contributed by atoms with Gasteiger partial charge in [-0.2, -0.15) is 5.06 Å². The highest BCUT2D eigenvalue weighted by atomic mass is 16.7. The molecule has 2 aliphatic heterocycles. The van der Waals surface area contributed by atoms with E-state index in [2.05, 4.69) is 0 Å². The topological polar surface area (TPSA) is 102 Å². The van der Waals surface area contributed by atoms with Gasteiger partial charge in [-0.05, 0) is 11.1 Å². The predicted molar refractivity (Wildman–Crippen MR) is 130 cm³/mol. The smallest absolute Gasteiger partial charge is 0.338 e. The lowest BCUT2D eigenvalue weighted by Crippen LogP contribution is -2.47. The SMILES string of the molecule is COCO[C@H]1[C@H](OCc2ccccc2)[C@@H](COCc2ccccc2)N2O[C@H](C(=O)OC)[C@@H](C(=O)OC)[C@H]12. The standard InChI is InChI=1S/C27H33NO9/c1-31-17-36-25-22-21(26(29)32-2)24(27(30)33-3)37-28(22)20(16-34-14-18-10-6-4-7-11-18)23(25)35-15-19-12-8-5-9-13-19/h4-13,20-25H,14-17H2,1-3H3/t20-,21+,22-,23-,24+,25-/m1/s1. The molecule has 0 unspecified atom stereocenters. The molecule has 0 radical (unpaired) electrons. The number of hydrogen-bond donors (Lipinski definition) is 0. The lowest BCUT2D eigenvalue weighted by Gasteiger charge is -2.29. The van der Waals surface area contributed by atoms with Gasteiger partial charge in [-0.3, -0.25) is 9.63 Å². The number of carbonyl (C=O) groups excluding carboxylic acids is 2. The van der Waals surface area contributed by atoms with Gasteiger partial charge in [-0.1, -0.05) is 60.7 Å². The van der Waals surface area contributed by atoms with E-state index < -0.39 is 48.3 Å². The van der Waals surface area contributed by atoms with Crippen LogP contribution in [0.15, 0.2) is 60.7 Å². The number of hydroxylamine groups is 2. The average molecular weight is 516 g/mol. The first kappa shape index (κ1) is 27.2. The molecule has 2 aromatic carbocycles. The summed E-state index contributed by atoms with van der Waals surface area (Å²) in [5.41, 5.74) is 1.98. The van der Waals surface area contributed by atoms with Crippen molar-refractivity contribution in [2.45, 2.75) is 43.6 Å². The third kappa shape index (κ3) is 6.18. The Morgan fingerprint density at radius 3 is 2.03 bits per heavy atom. The van der Waals surface area contributed by atoms with Crippen LogP contribution in [0.3, 0.4) is 0 Å². The fourth-order valence-corrected chi connectivity index (χ4v) is 4.87. The summed E-state index contributed by atoms with van der Waals surface area (Å²) in [6, 6.07) is 18.3. The van der Waals surface area contributed by atoms with Crippen molar-refractivity contribution in [3.8, 4) is 0 Å². The van der Waals surface area contributed by atoms with E-state index in [9.17, 15) is 9.59 Å². The minimum Gasteiger partial charge on any atom is -0.469 e. The highest BCUT2D eigenvalue weighted by molar-refractivity contribution is 5.85. The van der Waals surface area contributed by atoms with Gasteiger partial charge in [0.25, 0.3) is 0 Å². The van der Waals surface area contributed by atoms with Crippen LogP contribution in [0.1, 0.15) is 11.1 Å². The molecule has 10 nitrogen and oxygen atoms in total. The second kappa shape index (κ2) is 13.1. The molecule has 2 saturated heterocycles. The van der Waals surface area contributed by atoms with E-state index in [0.717, 1.165) is 11.1 Å². The Morgan fingerprint density at radius 2 is 1.43 bits per heavy atom. The number of ether oxygens (including phenoxy) is 6. The Hall–Kier alpha value is -2.86. The maximum atomic E-state index is 12.9. The van der Waals surface area contributed by atoms with E-state index >= 15 is 0 Å². The molecule has 0 amide bonds. The van der Waals surface area contributed by atoms with Crippen LogP contribution in [0, 0.1) is 5.92 Å². The van der Waals surface area contributed by atoms with Crippen LogP contribution in [-0.2, 0) is 56.1 Å². The molecular weight excluding hydrogens is 482 g/mol. The molecular formula is C27H33NO9. The Bertz CT molecular complexity index is 1010. The summed E-state index contributed by atoms with van der Waals surface area (Å²) in [4.78, 5) is 31.5. The van der Waals surface area contributed by atoms with Crippen LogP contribution in [0.2, 0.25) is 0 Å². The molecule has 0 aliphatic carbocycles. The van der Waals surface area contributed by atoms with Gasteiger partial charge in [0, 0.05) is 7.11 Å². The molecule has 0 N–H and O–H groups in total. The van der Waals surface area contributed by atoms with Gasteiger partial charge in [0.1, 0.15) is 24.9 Å². The zero-order valence-electron chi connectivity index (χ0n) is 21.2. The molecule has 10 heteroatoms. The second-order valence-corrected chi connectivity index (χ2v) is 8.82. The van der Waals surface area contributed by atoms with E-state index in [1.54, 1.807) is 5.06 Å². The first-order valence-electron chi connectivity index (χ1n) is 12.1. The van der Waals surface area contributed by atoms with Crippen molar-refractivity contribution in [3.05, 3.63) is 71.8 Å². The van der Waals surface area contributed by atoms with Crippen molar-refractivity contribution < 1.29 is 42.8 Å². The van der Waals surface area contributed by atoms with Crippen molar-refractivity contribution in [3.63, 3.8) is 0 Å². The number of rotatable bonds is 12. The predicted octanol–water partition coefficient (Wildman–Crippen LogP) is 2.11. The number of nitrogens with zero attached hydrogens (tertiary/aromatic N) is 1. The minimum atomic E-state index is -1.19. The Kier molecular flexibility index (Phi) is 9.62. The van der Waals surface area contributed by atoms with Gasteiger partial charge in [0.15, 0.2) is 6.10 Å². The summed E-state index contributed by atoms with van der Waals surface area (Å²) < 4.78 is 33.7. The first-order chi connectivity index (χ1) is 18.1. The second-order valence-electron chi connectivity index (χ2n) is 8.82. The maximum Gasteiger partial charge on any atom is 0.338 e. The summed E-state index contributed by atoms with van der Waals surface area (Å²) in [6.45, 7) is 0.817. The highest BCUT2D eigenvalue weighted by Gasteiger charge is 2.64. The summed E-state index contributed by atoms with van der Waals surface area (Å²) >= 11 is 0. The van der Waals surface area contributed by atoms with E-state index in [1.807, 2.05) is 60.7 Å². The Labute approximate surface area is 216 Å². The average Bonchev–Trinajstić information content (AvgIpc) is 3.46. The molecule has 200 valence electrons. The van der Waals surface area contributed by atoms with E-state index in [-0.39, 0.29) is 13.4 Å². The van der Waals surface area contributed by atoms with Crippen LogP contribution in [0.5, 0.6) is 0 Å². The van der Waals surface area contributed by atoms with Crippen LogP contribution in [0.4, 0.5) is 0 Å². The van der Waals surface area contributed by atoms with Gasteiger partial charge in [0.2, 0.25) is 0 Å². The molecule has 37 heavy (non-hydrogen) atoms. The van der Waals surface area contributed by atoms with E-state index in [4.69, 9.17) is 33.3 Å². The van der Waals surface area contributed by atoms with Crippen molar-refractivity contribution >= 4 is 11.9 Å². The van der Waals surface area contributed by atoms with Crippen molar-refractivity contribution in [1.82, 2.24) is 5.06 Å². The largest absolute Gasteiger partial charge is 0.469 e. The summed E-state index contributed by atoms with van der Waals surface area (Å²) in [5.74, 6) is -2.29. The quantitative estimate of drug-likeness (QED) is 0.309. The molecule has 6 atom stereocenters. The van der Waals surface area contributed by atoms with Crippen LogP contribution >= 0.6 is 0 Å². The van der Waals surface area contributed by atoms with Crippen molar-refractivity contribution in [2.24, 2.45) is 5.92 Å². The fourth-order valence-electron chi connectivity index (χ4n) is 4.87. The van der Waals surface area contributed by atoms with E-state index in [0.29, 0.717) is 13.2 Å². The molecule has 0 saturated carbocycles. The number of hydrogen-bond acceptors (Lipinski definition) is 10. The molecule has 2 heterocycles. The molecule has 2 fully saturated rings. The number of carbonyl (C=O) groups is 2. The Morgan fingerprint density at radius 1 is 0.811 bits per heavy atom. The van der Waals surface area contributed by atoms with Crippen molar-refractivity contribution in [2.75, 3.05) is 34.7 Å². The molecule has 2 aliphatic rings. The molecule has 2 aromatic rings. The zero-order chi connectivity index (χ0) is 26.2. The normalized spacial score (nSPS) is 27.1. The summed E-state index contributed by atoms with van der Waals surface area (Å²) in [7, 11) is 4.02. The third-order valence-corrected chi connectivity index (χ3v) is 6.56. The summed E-state index contributed by atoms with van der Waals surface area (Å²) in [6.07, 6.45) is -2.45. The lowest BCUT2D eigenvalue weighted by atomic mass is 9.90. The highest BCUT2D eigenvalue weighted by Crippen LogP contribution is 2.43. The van der Waals surface area contributed by atoms with Gasteiger partial charge in [0.05, 0.1) is 46.1 Å².